The molecule has 3 aliphatic heterocycles. The number of methoxy groups -OCH3 is 1. The highest BCUT2D eigenvalue weighted by Gasteiger charge is 2.56. The Balaban J connectivity index is 0.921. The molecule has 3 amide bonds. The predicted octanol–water partition coefficient (Wildman–Crippen LogP) is 13.9. The zero-order valence-corrected chi connectivity index (χ0v) is 52.7. The third-order valence-electron chi connectivity index (χ3n) is 18.9. The zero-order valence-electron chi connectivity index (χ0n) is 52.7. The highest BCUT2D eigenvalue weighted by molar-refractivity contribution is 6.08. The highest BCUT2D eigenvalue weighted by Crippen LogP contribution is 2.57. The molecule has 1 saturated heterocycles. The first-order chi connectivity index (χ1) is 45.3. The van der Waals surface area contributed by atoms with Crippen molar-refractivity contribution >= 4 is 34.7 Å². The van der Waals surface area contributed by atoms with Crippen LogP contribution in [0.5, 0.6) is 5.75 Å². The van der Waals surface area contributed by atoms with Gasteiger partial charge in [-0.1, -0.05) is 196 Å². The van der Waals surface area contributed by atoms with Crippen LogP contribution in [0.1, 0.15) is 90.1 Å². The Morgan fingerprint density at radius 3 is 2.04 bits per heavy atom. The van der Waals surface area contributed by atoms with Crippen LogP contribution in [0.4, 0.5) is 15.3 Å². The van der Waals surface area contributed by atoms with Crippen LogP contribution in [-0.2, 0) is 62.1 Å². The number of aliphatic hydroxyl groups is 1. The summed E-state index contributed by atoms with van der Waals surface area (Å²) < 4.78 is 40.5. The largest absolute Gasteiger partial charge is 0.489 e. The minimum Gasteiger partial charge on any atom is -0.489 e. The van der Waals surface area contributed by atoms with Crippen molar-refractivity contribution < 1.29 is 47.6 Å². The molecule has 6 bridgehead atoms. The number of rotatable bonds is 18. The summed E-state index contributed by atoms with van der Waals surface area (Å²) >= 11 is 0. The number of carbonyl (C=O) groups excluding carboxylic acids is 3. The Morgan fingerprint density at radius 2 is 1.34 bits per heavy atom. The van der Waals surface area contributed by atoms with Crippen molar-refractivity contribution in [3.05, 3.63) is 257 Å². The number of hydrogen-bond donors (Lipinski definition) is 3. The number of oxazole rings is 1. The molecule has 1 aliphatic carbocycles. The van der Waals surface area contributed by atoms with E-state index in [1.807, 2.05) is 166 Å². The van der Waals surface area contributed by atoms with Crippen molar-refractivity contribution in [1.82, 2.24) is 25.1 Å². The molecule has 2 aromatic heterocycles. The molecular weight excluding hydrogens is 1170 g/mol. The molecule has 4 aliphatic rings. The van der Waals surface area contributed by atoms with Crippen LogP contribution in [0.3, 0.4) is 0 Å². The fourth-order valence-electron chi connectivity index (χ4n) is 14.6. The molecule has 1 fully saturated rings. The maximum absolute atomic E-state index is 15.7. The number of aliphatic hydroxyl groups excluding tert-OH is 1. The molecule has 472 valence electrons. The lowest BCUT2D eigenvalue weighted by Gasteiger charge is -2.41. The number of carbonyl (C=O) groups is 3. The number of nitrogens with one attached hydrogen (secondary N) is 2. The average molecular weight is 1240 g/mol. The van der Waals surface area contributed by atoms with Gasteiger partial charge >= 0.3 is 12.2 Å². The molecule has 14 rings (SSSR count). The van der Waals surface area contributed by atoms with Crippen LogP contribution in [0, 0.1) is 5.92 Å². The number of nitrogens with zero attached hydrogens (tertiary/aromatic N) is 4. The number of hydrogen-bond acceptors (Lipinski definition) is 12. The first-order valence-electron chi connectivity index (χ1n) is 31.8. The van der Waals surface area contributed by atoms with Crippen molar-refractivity contribution in [2.24, 2.45) is 5.92 Å². The zero-order chi connectivity index (χ0) is 64.0. The topological polar surface area (TPSA) is 179 Å². The van der Waals surface area contributed by atoms with Crippen LogP contribution < -0.4 is 20.3 Å². The molecular formula is C77H74N6O10. The number of ether oxygens (including phenoxy) is 5. The van der Waals surface area contributed by atoms with E-state index < -0.39 is 59.4 Å². The second-order valence-corrected chi connectivity index (χ2v) is 25.5. The van der Waals surface area contributed by atoms with Crippen molar-refractivity contribution in [2.45, 2.75) is 102 Å². The normalized spacial score (nSPS) is 18.7. The van der Waals surface area contributed by atoms with E-state index in [4.69, 9.17) is 33.1 Å². The van der Waals surface area contributed by atoms with Crippen molar-refractivity contribution in [1.29, 1.82) is 0 Å². The fourth-order valence-corrected chi connectivity index (χ4v) is 14.6. The smallest absolute Gasteiger partial charge is 0.412 e. The summed E-state index contributed by atoms with van der Waals surface area (Å²) in [6.07, 6.45) is 1.07. The molecule has 0 radical (unpaired) electrons. The van der Waals surface area contributed by atoms with Gasteiger partial charge in [-0.05, 0) is 94.0 Å². The van der Waals surface area contributed by atoms with E-state index in [0.29, 0.717) is 30.0 Å². The molecule has 10 aromatic rings. The lowest BCUT2D eigenvalue weighted by atomic mass is 9.68. The van der Waals surface area contributed by atoms with Crippen molar-refractivity contribution in [2.75, 3.05) is 31.8 Å². The lowest BCUT2D eigenvalue weighted by molar-refractivity contribution is -0.126. The van der Waals surface area contributed by atoms with E-state index in [1.165, 1.54) is 0 Å². The van der Waals surface area contributed by atoms with Gasteiger partial charge in [0.25, 0.3) is 0 Å². The fraction of sp³-hybridized carbons (Fsp3) is 0.273. The summed E-state index contributed by atoms with van der Waals surface area (Å²) in [5.74, 6) is -0.395. The Hall–Kier alpha value is -10.0. The van der Waals surface area contributed by atoms with Gasteiger partial charge in [0.1, 0.15) is 50.1 Å². The average Bonchev–Trinajstić information content (AvgIpc) is 1.58. The third kappa shape index (κ3) is 11.4. The third-order valence-corrected chi connectivity index (χ3v) is 18.9. The SMILES string of the molecule is COCn1cc2c3c(cccc31)-c1cccc3c1N(Cc1ccccc1)C[C@@]3(c1cc(C[C@H]3COC(C)(C)N3C(=O)OCc3ccccc3)ccc1OCc1ccccc1)C(O)C(NC(=O)[C@@H](NC(=O)OCC1c3ccccc3-c3ccccc31)C(C)C)c1ncc-2o1. The van der Waals surface area contributed by atoms with Gasteiger partial charge in [-0.25, -0.2) is 14.6 Å². The standard InChI is InChI=1S/C77H74N6O10/c1-48(2)68(80-74(86)90-45-61-56-29-17-15-27-54(56)55-28-16-18-30-57(55)61)72(85)79-69-71(84)77(63-38-52(35-36-65(63)89-42-50-23-11-7-12-24-50)37-53-44-92-76(3,4)83(53)75(87)91-43-51-25-13-8-14-26-51)46-81(40-49-21-9-6-10-22-49)70-59(32-19-33-62(70)77)58-31-20-34-64-67(58)60(41-82(64)47-88-5)66-39-78-73(69)93-66/h6-36,38-39,41,48,53,61,68-69,71,84H,37,40,42-47H2,1-5H3,(H,79,85)(H,80,86)/t53-,68-,69?,71?,77+/m0/s1. The summed E-state index contributed by atoms with van der Waals surface area (Å²) in [5, 5.41) is 21.7. The number of amides is 3. The Labute approximate surface area is 540 Å². The molecule has 8 aromatic carbocycles. The Morgan fingerprint density at radius 1 is 0.699 bits per heavy atom. The molecule has 3 N–H and O–H groups in total. The van der Waals surface area contributed by atoms with E-state index in [1.54, 1.807) is 18.2 Å². The number of alkyl carbamates (subject to hydrolysis) is 1. The number of aromatic nitrogens is 2. The number of para-hydroxylation sites is 1. The van der Waals surface area contributed by atoms with Gasteiger partial charge in [-0.3, -0.25) is 9.69 Å². The predicted molar refractivity (Wildman–Crippen MR) is 355 cm³/mol. The summed E-state index contributed by atoms with van der Waals surface area (Å²) in [5.41, 5.74) is 11.0. The first-order valence-corrected chi connectivity index (χ1v) is 31.8. The molecule has 5 heterocycles. The van der Waals surface area contributed by atoms with Gasteiger partial charge in [0, 0.05) is 60.1 Å². The molecule has 5 atom stereocenters. The van der Waals surface area contributed by atoms with Crippen LogP contribution in [-0.4, -0.2) is 88.4 Å². The monoisotopic (exact) mass is 1240 g/mol. The first kappa shape index (κ1) is 60.6. The second-order valence-electron chi connectivity index (χ2n) is 25.5. The van der Waals surface area contributed by atoms with Gasteiger partial charge in [0.2, 0.25) is 11.8 Å². The van der Waals surface area contributed by atoms with Crippen molar-refractivity contribution in [3.8, 4) is 39.3 Å². The van der Waals surface area contributed by atoms with E-state index in [9.17, 15) is 14.7 Å². The van der Waals surface area contributed by atoms with Crippen LogP contribution in [0.2, 0.25) is 0 Å². The Kier molecular flexibility index (Phi) is 16.4. The van der Waals surface area contributed by atoms with E-state index in [-0.39, 0.29) is 51.5 Å². The van der Waals surface area contributed by atoms with E-state index in [0.717, 1.165) is 83.4 Å². The van der Waals surface area contributed by atoms with E-state index in [2.05, 4.69) is 82.3 Å². The Bertz CT molecular complexity index is 4350. The number of anilines is 1. The van der Waals surface area contributed by atoms with Gasteiger partial charge in [0.15, 0.2) is 5.76 Å². The van der Waals surface area contributed by atoms with Gasteiger partial charge in [-0.15, -0.1) is 0 Å². The number of benzene rings is 8. The summed E-state index contributed by atoms with van der Waals surface area (Å²) in [7, 11) is 1.66. The van der Waals surface area contributed by atoms with Gasteiger partial charge < -0.3 is 53.3 Å². The highest BCUT2D eigenvalue weighted by atomic mass is 16.6. The number of fused-ring (bicyclic) bond motifs is 7. The minimum atomic E-state index is -1.61. The molecule has 0 spiro atoms. The molecule has 93 heavy (non-hydrogen) atoms. The van der Waals surface area contributed by atoms with Gasteiger partial charge in [-0.2, -0.15) is 0 Å². The lowest BCUT2D eigenvalue weighted by Crippen LogP contribution is -2.56. The van der Waals surface area contributed by atoms with Crippen LogP contribution >= 0.6 is 0 Å². The molecule has 16 nitrogen and oxygen atoms in total. The summed E-state index contributed by atoms with van der Waals surface area (Å²) in [6.45, 7) is 8.76. The maximum atomic E-state index is 15.7. The van der Waals surface area contributed by atoms with Crippen molar-refractivity contribution in [3.63, 3.8) is 0 Å². The molecule has 2 unspecified atom stereocenters. The minimum absolute atomic E-state index is 0.0247. The molecule has 0 saturated carbocycles. The quantitative estimate of drug-likeness (QED) is 0.0741. The van der Waals surface area contributed by atoms with Gasteiger partial charge in [0.05, 0.1) is 35.9 Å². The summed E-state index contributed by atoms with van der Waals surface area (Å²) in [4.78, 5) is 53.4. The van der Waals surface area contributed by atoms with Crippen LogP contribution in [0.15, 0.2) is 211 Å². The maximum Gasteiger partial charge on any atom is 0.412 e. The second kappa shape index (κ2) is 25.2. The summed E-state index contributed by atoms with van der Waals surface area (Å²) in [6, 6.07) is 61.4. The molecule has 16 heteroatoms. The van der Waals surface area contributed by atoms with Crippen LogP contribution in [0.25, 0.3) is 44.5 Å². The van der Waals surface area contributed by atoms with E-state index >= 15 is 4.79 Å².